The minimum absolute atomic E-state index is 0.623. The maximum absolute atomic E-state index is 5.10. The van der Waals surface area contributed by atoms with Crippen molar-refractivity contribution in [3.63, 3.8) is 0 Å². The Balaban J connectivity index is 0.000000258. The summed E-state index contributed by atoms with van der Waals surface area (Å²) in [4.78, 5) is 4.33. The normalized spacial score (nSPS) is 9.47. The number of hydrogen-bond donors (Lipinski definition) is 0. The largest absolute Gasteiger partial charge is 0.495 e. The van der Waals surface area contributed by atoms with Crippen LogP contribution < -0.4 is 4.74 Å². The summed E-state index contributed by atoms with van der Waals surface area (Å²) in [5, 5.41) is 1.75. The van der Waals surface area contributed by atoms with E-state index in [0.717, 1.165) is 16.7 Å². The molecule has 1 aromatic heterocycles. The van der Waals surface area contributed by atoms with Crippen LogP contribution in [-0.2, 0) is 4.74 Å². The summed E-state index contributed by atoms with van der Waals surface area (Å²) >= 11 is 4.57. The minimum atomic E-state index is 0.623. The molecule has 0 atom stereocenters. The molecule has 1 heterocycles. The van der Waals surface area contributed by atoms with Crippen molar-refractivity contribution in [3.05, 3.63) is 36.0 Å². The van der Waals surface area contributed by atoms with Gasteiger partial charge in [-0.2, -0.15) is 0 Å². The van der Waals surface area contributed by atoms with E-state index in [1.807, 2.05) is 25.1 Å². The van der Waals surface area contributed by atoms with Gasteiger partial charge in [0.1, 0.15) is 5.75 Å². The Kier molecular flexibility index (Phi) is 6.22. The zero-order valence-corrected chi connectivity index (χ0v) is 12.6. The summed E-state index contributed by atoms with van der Waals surface area (Å²) in [7, 11) is 1.65. The lowest BCUT2D eigenvalue weighted by atomic mass is 10.1. The molecule has 1 aromatic carbocycles. The monoisotopic (exact) mass is 277 g/mol. The highest BCUT2D eigenvalue weighted by Gasteiger charge is 1.99. The fourth-order valence-corrected chi connectivity index (χ4v) is 1.73. The van der Waals surface area contributed by atoms with Crippen LogP contribution >= 0.6 is 12.2 Å². The molecule has 0 saturated carbocycles. The van der Waals surface area contributed by atoms with E-state index in [4.69, 9.17) is 9.47 Å². The van der Waals surface area contributed by atoms with Gasteiger partial charge in [-0.15, -0.1) is 0 Å². The lowest BCUT2D eigenvalue weighted by molar-refractivity contribution is 0.334. The number of pyridine rings is 1. The average molecular weight is 277 g/mol. The van der Waals surface area contributed by atoms with Gasteiger partial charge in [-0.1, -0.05) is 18.2 Å². The standard InChI is InChI=1S/C11H11NO.C4H8OS/c1-8-4-3-5-9-6-10(13-2)7-12-11(8)9;1-3-5-4(2)6/h3-7H,1-2H3;3H2,1-2H3. The zero-order chi connectivity index (χ0) is 14.3. The number of aryl methyl sites for hydroxylation is 1. The van der Waals surface area contributed by atoms with Gasteiger partial charge in [0.2, 0.25) is 0 Å². The number of aromatic nitrogens is 1. The van der Waals surface area contributed by atoms with E-state index in [1.165, 1.54) is 5.56 Å². The lowest BCUT2D eigenvalue weighted by Gasteiger charge is -2.03. The van der Waals surface area contributed by atoms with E-state index >= 15 is 0 Å². The third kappa shape index (κ3) is 4.83. The van der Waals surface area contributed by atoms with Crippen LogP contribution in [0.2, 0.25) is 0 Å². The first kappa shape index (κ1) is 15.4. The Morgan fingerprint density at radius 1 is 1.37 bits per heavy atom. The van der Waals surface area contributed by atoms with E-state index in [0.29, 0.717) is 11.7 Å². The van der Waals surface area contributed by atoms with Crippen molar-refractivity contribution < 1.29 is 9.47 Å². The SMILES string of the molecule is CCOC(C)=S.COc1cnc2c(C)cccc2c1. The first-order valence-electron chi connectivity index (χ1n) is 6.11. The smallest absolute Gasteiger partial charge is 0.156 e. The molecule has 0 saturated heterocycles. The molecule has 4 heteroatoms. The third-order valence-electron chi connectivity index (χ3n) is 2.47. The van der Waals surface area contributed by atoms with Crippen molar-refractivity contribution >= 4 is 28.2 Å². The Hall–Kier alpha value is -1.68. The van der Waals surface area contributed by atoms with Crippen molar-refractivity contribution in [2.45, 2.75) is 20.8 Å². The van der Waals surface area contributed by atoms with Crippen molar-refractivity contribution in [1.82, 2.24) is 4.98 Å². The van der Waals surface area contributed by atoms with Gasteiger partial charge in [-0.25, -0.2) is 0 Å². The molecule has 0 aliphatic heterocycles. The van der Waals surface area contributed by atoms with Crippen LogP contribution in [0.4, 0.5) is 0 Å². The number of fused-ring (bicyclic) bond motifs is 1. The fourth-order valence-electron chi connectivity index (χ4n) is 1.61. The Morgan fingerprint density at radius 2 is 2.11 bits per heavy atom. The Labute approximate surface area is 119 Å². The van der Waals surface area contributed by atoms with Gasteiger partial charge in [0.15, 0.2) is 5.05 Å². The molecular weight excluding hydrogens is 258 g/mol. The second-order valence-electron chi connectivity index (χ2n) is 3.95. The molecule has 3 nitrogen and oxygen atoms in total. The predicted molar refractivity (Wildman–Crippen MR) is 82.9 cm³/mol. The number of methoxy groups -OCH3 is 1. The number of ether oxygens (including phenoxy) is 2. The molecule has 2 rings (SSSR count). The second kappa shape index (κ2) is 7.69. The first-order valence-corrected chi connectivity index (χ1v) is 6.52. The van der Waals surface area contributed by atoms with Crippen molar-refractivity contribution in [2.24, 2.45) is 0 Å². The fraction of sp³-hybridized carbons (Fsp3) is 0.333. The summed E-state index contributed by atoms with van der Waals surface area (Å²) in [6.07, 6.45) is 1.75. The summed E-state index contributed by atoms with van der Waals surface area (Å²) in [5.41, 5.74) is 2.24. The van der Waals surface area contributed by atoms with Crippen LogP contribution in [0.25, 0.3) is 10.9 Å². The summed E-state index contributed by atoms with van der Waals surface area (Å²) in [6.45, 7) is 6.42. The zero-order valence-electron chi connectivity index (χ0n) is 11.8. The molecular formula is C15H19NO2S. The van der Waals surface area contributed by atoms with Crippen LogP contribution in [0, 0.1) is 6.92 Å². The van der Waals surface area contributed by atoms with E-state index < -0.39 is 0 Å². The van der Waals surface area contributed by atoms with Gasteiger partial charge in [0.05, 0.1) is 25.4 Å². The Morgan fingerprint density at radius 3 is 2.63 bits per heavy atom. The highest BCUT2D eigenvalue weighted by Crippen LogP contribution is 2.20. The van der Waals surface area contributed by atoms with Gasteiger partial charge in [0.25, 0.3) is 0 Å². The molecule has 0 amide bonds. The predicted octanol–water partition coefficient (Wildman–Crippen LogP) is 3.92. The average Bonchev–Trinajstić information content (AvgIpc) is 2.39. The molecule has 0 aliphatic carbocycles. The van der Waals surface area contributed by atoms with E-state index in [9.17, 15) is 0 Å². The first-order chi connectivity index (χ1) is 9.08. The van der Waals surface area contributed by atoms with Crippen molar-refractivity contribution in [2.75, 3.05) is 13.7 Å². The van der Waals surface area contributed by atoms with Crippen molar-refractivity contribution in [1.29, 1.82) is 0 Å². The molecule has 0 radical (unpaired) electrons. The highest BCUT2D eigenvalue weighted by molar-refractivity contribution is 7.80. The number of benzene rings is 1. The van der Waals surface area contributed by atoms with E-state index in [1.54, 1.807) is 20.2 Å². The van der Waals surface area contributed by atoms with Gasteiger partial charge in [0, 0.05) is 12.3 Å². The number of para-hydroxylation sites is 1. The molecule has 0 spiro atoms. The molecule has 0 fully saturated rings. The second-order valence-corrected chi connectivity index (χ2v) is 4.52. The molecule has 2 aromatic rings. The third-order valence-corrected chi connectivity index (χ3v) is 2.59. The summed E-state index contributed by atoms with van der Waals surface area (Å²) in [5.74, 6) is 0.804. The molecule has 0 bridgehead atoms. The van der Waals surface area contributed by atoms with Crippen LogP contribution in [-0.4, -0.2) is 23.8 Å². The molecule has 102 valence electrons. The van der Waals surface area contributed by atoms with Crippen LogP contribution in [0.5, 0.6) is 5.75 Å². The molecule has 19 heavy (non-hydrogen) atoms. The number of hydrogen-bond acceptors (Lipinski definition) is 4. The van der Waals surface area contributed by atoms with Gasteiger partial charge >= 0.3 is 0 Å². The topological polar surface area (TPSA) is 31.4 Å². The molecule has 0 aliphatic rings. The number of rotatable bonds is 2. The van der Waals surface area contributed by atoms with Crippen LogP contribution in [0.15, 0.2) is 30.5 Å². The maximum Gasteiger partial charge on any atom is 0.156 e. The van der Waals surface area contributed by atoms with E-state index in [2.05, 4.69) is 30.2 Å². The van der Waals surface area contributed by atoms with Crippen LogP contribution in [0.3, 0.4) is 0 Å². The maximum atomic E-state index is 5.10. The van der Waals surface area contributed by atoms with Gasteiger partial charge in [-0.05, 0) is 37.7 Å². The number of nitrogens with zero attached hydrogens (tertiary/aromatic N) is 1. The van der Waals surface area contributed by atoms with Gasteiger partial charge < -0.3 is 9.47 Å². The highest BCUT2D eigenvalue weighted by atomic mass is 32.1. The van der Waals surface area contributed by atoms with Crippen molar-refractivity contribution in [3.8, 4) is 5.75 Å². The quantitative estimate of drug-likeness (QED) is 0.779. The molecule has 0 unspecified atom stereocenters. The van der Waals surface area contributed by atoms with E-state index in [-0.39, 0.29) is 0 Å². The minimum Gasteiger partial charge on any atom is -0.495 e. The Bertz CT molecular complexity index is 555. The lowest BCUT2D eigenvalue weighted by Crippen LogP contribution is -1.92. The van der Waals surface area contributed by atoms with Crippen LogP contribution in [0.1, 0.15) is 19.4 Å². The van der Waals surface area contributed by atoms with Gasteiger partial charge in [-0.3, -0.25) is 4.98 Å². The number of thiocarbonyl (C=S) groups is 1. The summed E-state index contributed by atoms with van der Waals surface area (Å²) in [6, 6.07) is 8.12. The molecule has 0 N–H and O–H groups in total. The summed E-state index contributed by atoms with van der Waals surface area (Å²) < 4.78 is 9.87.